The fourth-order valence-corrected chi connectivity index (χ4v) is 2.05. The molecule has 3 nitrogen and oxygen atoms in total. The number of hydrogen-bond donors (Lipinski definition) is 1. The molecule has 0 saturated heterocycles. The molecule has 84 valence electrons. The second-order valence-electron chi connectivity index (χ2n) is 4.63. The Morgan fingerprint density at radius 1 is 1.47 bits per heavy atom. The third-order valence-corrected chi connectivity index (χ3v) is 3.35. The molecule has 0 aromatic carbocycles. The SMILES string of the molecule is Cc1noc(C)c1CCNC(C)C1CC1. The lowest BCUT2D eigenvalue weighted by atomic mass is 10.1. The first-order chi connectivity index (χ1) is 7.18. The van der Waals surface area contributed by atoms with E-state index in [0.29, 0.717) is 6.04 Å². The molecule has 0 spiro atoms. The first-order valence-corrected chi connectivity index (χ1v) is 5.83. The Hall–Kier alpha value is -0.830. The van der Waals surface area contributed by atoms with E-state index in [1.54, 1.807) is 0 Å². The third-order valence-electron chi connectivity index (χ3n) is 3.35. The van der Waals surface area contributed by atoms with Crippen molar-refractivity contribution < 1.29 is 4.52 Å². The average Bonchev–Trinajstić information content (AvgIpc) is 2.99. The van der Waals surface area contributed by atoms with E-state index in [0.717, 1.165) is 30.3 Å². The molecular weight excluding hydrogens is 188 g/mol. The van der Waals surface area contributed by atoms with Crippen LogP contribution in [0.1, 0.15) is 36.8 Å². The topological polar surface area (TPSA) is 38.1 Å². The van der Waals surface area contributed by atoms with E-state index in [4.69, 9.17) is 4.52 Å². The lowest BCUT2D eigenvalue weighted by Gasteiger charge is -2.11. The summed E-state index contributed by atoms with van der Waals surface area (Å²) in [5.41, 5.74) is 2.30. The van der Waals surface area contributed by atoms with Crippen LogP contribution in [0.25, 0.3) is 0 Å². The molecule has 0 bridgehead atoms. The Labute approximate surface area is 91.2 Å². The van der Waals surface area contributed by atoms with Gasteiger partial charge in [0, 0.05) is 11.6 Å². The van der Waals surface area contributed by atoms with Crippen molar-refractivity contribution in [2.24, 2.45) is 5.92 Å². The molecule has 1 aromatic rings. The van der Waals surface area contributed by atoms with Crippen molar-refractivity contribution in [3.05, 3.63) is 17.0 Å². The quantitative estimate of drug-likeness (QED) is 0.806. The van der Waals surface area contributed by atoms with Crippen LogP contribution in [0.4, 0.5) is 0 Å². The molecule has 2 rings (SSSR count). The first kappa shape index (κ1) is 10.7. The summed E-state index contributed by atoms with van der Waals surface area (Å²) in [5.74, 6) is 1.89. The second kappa shape index (κ2) is 4.35. The minimum absolute atomic E-state index is 0.672. The third kappa shape index (κ3) is 2.59. The smallest absolute Gasteiger partial charge is 0.137 e. The van der Waals surface area contributed by atoms with Crippen molar-refractivity contribution in [3.8, 4) is 0 Å². The molecule has 0 radical (unpaired) electrons. The molecule has 1 saturated carbocycles. The summed E-state index contributed by atoms with van der Waals surface area (Å²) in [7, 11) is 0. The first-order valence-electron chi connectivity index (χ1n) is 5.83. The molecule has 1 heterocycles. The van der Waals surface area contributed by atoms with Crippen molar-refractivity contribution in [2.75, 3.05) is 6.54 Å². The molecular formula is C12H20N2O. The predicted octanol–water partition coefficient (Wildman–Crippen LogP) is 2.22. The summed E-state index contributed by atoms with van der Waals surface area (Å²) in [4.78, 5) is 0. The van der Waals surface area contributed by atoms with Crippen molar-refractivity contribution in [2.45, 2.75) is 46.1 Å². The van der Waals surface area contributed by atoms with E-state index in [-0.39, 0.29) is 0 Å². The second-order valence-corrected chi connectivity index (χ2v) is 4.63. The molecule has 0 aliphatic heterocycles. The number of hydrogen-bond acceptors (Lipinski definition) is 3. The van der Waals surface area contributed by atoms with E-state index in [1.807, 2.05) is 13.8 Å². The number of nitrogens with one attached hydrogen (secondary N) is 1. The maximum atomic E-state index is 5.13. The van der Waals surface area contributed by atoms with Gasteiger partial charge < -0.3 is 9.84 Å². The van der Waals surface area contributed by atoms with E-state index in [1.165, 1.54) is 18.4 Å². The molecule has 1 aliphatic rings. The zero-order valence-electron chi connectivity index (χ0n) is 9.84. The number of aryl methyl sites for hydroxylation is 2. The van der Waals surface area contributed by atoms with Gasteiger partial charge in [0.2, 0.25) is 0 Å². The lowest BCUT2D eigenvalue weighted by molar-refractivity contribution is 0.392. The summed E-state index contributed by atoms with van der Waals surface area (Å²) >= 11 is 0. The highest BCUT2D eigenvalue weighted by molar-refractivity contribution is 5.20. The average molecular weight is 208 g/mol. The van der Waals surface area contributed by atoms with Crippen molar-refractivity contribution in [1.82, 2.24) is 10.5 Å². The van der Waals surface area contributed by atoms with Crippen molar-refractivity contribution >= 4 is 0 Å². The Morgan fingerprint density at radius 3 is 2.73 bits per heavy atom. The van der Waals surface area contributed by atoms with Crippen LogP contribution in [0.3, 0.4) is 0 Å². The van der Waals surface area contributed by atoms with E-state index in [9.17, 15) is 0 Å². The molecule has 1 N–H and O–H groups in total. The van der Waals surface area contributed by atoms with Crippen LogP contribution >= 0.6 is 0 Å². The Bertz CT molecular complexity index is 309. The van der Waals surface area contributed by atoms with Crippen LogP contribution in [0.5, 0.6) is 0 Å². The van der Waals surface area contributed by atoms with Crippen LogP contribution in [-0.4, -0.2) is 17.7 Å². The highest BCUT2D eigenvalue weighted by Crippen LogP contribution is 2.32. The van der Waals surface area contributed by atoms with Crippen LogP contribution in [-0.2, 0) is 6.42 Å². The zero-order chi connectivity index (χ0) is 10.8. The highest BCUT2D eigenvalue weighted by atomic mass is 16.5. The lowest BCUT2D eigenvalue weighted by Crippen LogP contribution is -2.29. The van der Waals surface area contributed by atoms with Gasteiger partial charge in [-0.15, -0.1) is 0 Å². The summed E-state index contributed by atoms with van der Waals surface area (Å²) < 4.78 is 5.13. The monoisotopic (exact) mass is 208 g/mol. The van der Waals surface area contributed by atoms with Gasteiger partial charge in [0.25, 0.3) is 0 Å². The molecule has 1 aliphatic carbocycles. The van der Waals surface area contributed by atoms with Crippen LogP contribution < -0.4 is 5.32 Å². The molecule has 1 unspecified atom stereocenters. The summed E-state index contributed by atoms with van der Waals surface area (Å²) in [5, 5.41) is 7.53. The fraction of sp³-hybridized carbons (Fsp3) is 0.750. The number of rotatable bonds is 5. The van der Waals surface area contributed by atoms with E-state index < -0.39 is 0 Å². The molecule has 1 atom stereocenters. The van der Waals surface area contributed by atoms with Crippen molar-refractivity contribution in [3.63, 3.8) is 0 Å². The zero-order valence-corrected chi connectivity index (χ0v) is 9.84. The van der Waals surface area contributed by atoms with Gasteiger partial charge in [-0.3, -0.25) is 0 Å². The normalized spacial score (nSPS) is 18.1. The van der Waals surface area contributed by atoms with Gasteiger partial charge in [-0.1, -0.05) is 5.16 Å². The Morgan fingerprint density at radius 2 is 2.20 bits per heavy atom. The van der Waals surface area contributed by atoms with Gasteiger partial charge in [0.15, 0.2) is 0 Å². The van der Waals surface area contributed by atoms with Crippen molar-refractivity contribution in [1.29, 1.82) is 0 Å². The summed E-state index contributed by atoms with van der Waals surface area (Å²) in [6.45, 7) is 7.31. The van der Waals surface area contributed by atoms with Crippen LogP contribution in [0, 0.1) is 19.8 Å². The Kier molecular flexibility index (Phi) is 3.10. The minimum atomic E-state index is 0.672. The minimum Gasteiger partial charge on any atom is -0.361 e. The standard InChI is InChI=1S/C12H20N2O/c1-8(11-4-5-11)13-7-6-12-9(2)14-15-10(12)3/h8,11,13H,4-7H2,1-3H3. The van der Waals surface area contributed by atoms with Gasteiger partial charge in [-0.25, -0.2) is 0 Å². The molecule has 1 fully saturated rings. The highest BCUT2D eigenvalue weighted by Gasteiger charge is 2.27. The molecule has 15 heavy (non-hydrogen) atoms. The largest absolute Gasteiger partial charge is 0.361 e. The van der Waals surface area contributed by atoms with Gasteiger partial charge in [-0.2, -0.15) is 0 Å². The van der Waals surface area contributed by atoms with Gasteiger partial charge in [0.05, 0.1) is 5.69 Å². The van der Waals surface area contributed by atoms with Gasteiger partial charge >= 0.3 is 0 Å². The number of aromatic nitrogens is 1. The maximum Gasteiger partial charge on any atom is 0.137 e. The van der Waals surface area contributed by atoms with Gasteiger partial charge in [-0.05, 0) is 52.5 Å². The number of nitrogens with zero attached hydrogens (tertiary/aromatic N) is 1. The maximum absolute atomic E-state index is 5.13. The predicted molar refractivity (Wildman–Crippen MR) is 59.9 cm³/mol. The van der Waals surface area contributed by atoms with E-state index >= 15 is 0 Å². The molecule has 3 heteroatoms. The van der Waals surface area contributed by atoms with E-state index in [2.05, 4.69) is 17.4 Å². The van der Waals surface area contributed by atoms with Crippen LogP contribution in [0.2, 0.25) is 0 Å². The molecule has 0 amide bonds. The van der Waals surface area contributed by atoms with Crippen LogP contribution in [0.15, 0.2) is 4.52 Å². The van der Waals surface area contributed by atoms with Gasteiger partial charge in [0.1, 0.15) is 5.76 Å². The fourth-order valence-electron chi connectivity index (χ4n) is 2.05. The summed E-state index contributed by atoms with van der Waals surface area (Å²) in [6.07, 6.45) is 3.83. The molecule has 1 aromatic heterocycles. The Balaban J connectivity index is 1.77. The summed E-state index contributed by atoms with van der Waals surface area (Å²) in [6, 6.07) is 0.672.